The van der Waals surface area contributed by atoms with Crippen LogP contribution in [0.2, 0.25) is 0 Å². The predicted molar refractivity (Wildman–Crippen MR) is 118 cm³/mol. The highest BCUT2D eigenvalue weighted by Crippen LogP contribution is 2.77. The van der Waals surface area contributed by atoms with Crippen LogP contribution >= 0.6 is 0 Å². The number of hydrogen-bond acceptors (Lipinski definition) is 3. The zero-order chi connectivity index (χ0) is 21.7. The molecule has 6 aliphatic carbocycles. The second-order valence-corrected chi connectivity index (χ2v) is 11.5. The maximum absolute atomic E-state index is 11.5. The maximum atomic E-state index is 11.5. The van der Waals surface area contributed by atoms with Crippen LogP contribution < -0.4 is 0 Å². The lowest BCUT2D eigenvalue weighted by atomic mass is 9.32. The molecular weight excluding hydrogens is 360 g/mol. The van der Waals surface area contributed by atoms with Gasteiger partial charge in [0.2, 0.25) is 0 Å². The van der Waals surface area contributed by atoms with Gasteiger partial charge in [-0.1, -0.05) is 45.4 Å². The fourth-order valence-electron chi connectivity index (χ4n) is 6.76. The minimum absolute atomic E-state index is 0.147. The maximum Gasteiger partial charge on any atom is 0.333 e. The van der Waals surface area contributed by atoms with E-state index in [1.165, 1.54) is 38.5 Å². The summed E-state index contributed by atoms with van der Waals surface area (Å²) in [6.07, 6.45) is 12.4. The predicted octanol–water partition coefficient (Wildman–Crippen LogP) is 6.07. The molecule has 164 valence electrons. The number of hydrogen-bond donors (Lipinski definition) is 1. The average Bonchev–Trinajstić information content (AvgIpc) is 2.50. The van der Waals surface area contributed by atoms with Gasteiger partial charge in [0.25, 0.3) is 0 Å². The Morgan fingerprint density at radius 2 is 1.31 bits per heavy atom. The molecular formula is C26H42O3. The summed E-state index contributed by atoms with van der Waals surface area (Å²) in [6.45, 7) is 15.7. The molecule has 0 aromatic carbocycles. The highest BCUT2D eigenvalue weighted by molar-refractivity contribution is 5.88. The summed E-state index contributed by atoms with van der Waals surface area (Å²) in [4.78, 5) is 11.5. The van der Waals surface area contributed by atoms with Crippen molar-refractivity contribution in [2.45, 2.75) is 87.0 Å². The first-order chi connectivity index (χ1) is 13.4. The zero-order valence-electron chi connectivity index (χ0n) is 19.7. The van der Waals surface area contributed by atoms with Crippen LogP contribution in [0, 0.1) is 33.5 Å². The summed E-state index contributed by atoms with van der Waals surface area (Å²) in [5.41, 5.74) is 4.09. The molecule has 29 heavy (non-hydrogen) atoms. The molecule has 0 aromatic heterocycles. The van der Waals surface area contributed by atoms with Gasteiger partial charge in [-0.3, -0.25) is 0 Å². The Balaban J connectivity index is 0.000000169. The first kappa shape index (κ1) is 22.6. The normalized spacial score (nSPS) is 39.5. The van der Waals surface area contributed by atoms with E-state index in [2.05, 4.69) is 39.8 Å². The van der Waals surface area contributed by atoms with Gasteiger partial charge in [-0.2, -0.15) is 0 Å². The summed E-state index contributed by atoms with van der Waals surface area (Å²) in [5.74, 6) is 1.48. The van der Waals surface area contributed by atoms with E-state index in [9.17, 15) is 4.79 Å². The fourth-order valence-corrected chi connectivity index (χ4v) is 6.76. The van der Waals surface area contributed by atoms with Crippen molar-refractivity contribution in [3.8, 4) is 0 Å². The lowest BCUT2D eigenvalue weighted by molar-refractivity contribution is -0.198. The summed E-state index contributed by atoms with van der Waals surface area (Å²) >= 11 is 0. The molecule has 0 unspecified atom stereocenters. The van der Waals surface area contributed by atoms with E-state index in [1.54, 1.807) is 0 Å². The van der Waals surface area contributed by atoms with Gasteiger partial charge >= 0.3 is 5.97 Å². The quantitative estimate of drug-likeness (QED) is 0.319. The van der Waals surface area contributed by atoms with Crippen LogP contribution in [-0.2, 0) is 9.53 Å². The Hall–Kier alpha value is -1.09. The lowest BCUT2D eigenvalue weighted by Crippen LogP contribution is -2.63. The Morgan fingerprint density at radius 1 is 0.897 bits per heavy atom. The molecule has 0 spiro atoms. The van der Waals surface area contributed by atoms with Crippen LogP contribution in [0.1, 0.15) is 87.0 Å². The van der Waals surface area contributed by atoms with Gasteiger partial charge in [0.05, 0.1) is 13.2 Å². The van der Waals surface area contributed by atoms with Gasteiger partial charge in [-0.15, -0.1) is 0 Å². The fraction of sp³-hybridized carbons (Fsp3) is 0.808. The van der Waals surface area contributed by atoms with Gasteiger partial charge in [0.15, 0.2) is 0 Å². The zero-order valence-corrected chi connectivity index (χ0v) is 19.7. The lowest BCUT2D eigenvalue weighted by Gasteiger charge is -2.72. The van der Waals surface area contributed by atoms with Gasteiger partial charge in [0, 0.05) is 5.57 Å². The largest absolute Gasteiger partial charge is 0.463 e. The van der Waals surface area contributed by atoms with E-state index >= 15 is 0 Å². The van der Waals surface area contributed by atoms with Crippen LogP contribution in [0.15, 0.2) is 23.3 Å². The molecule has 6 rings (SSSR count). The molecule has 0 saturated heterocycles. The monoisotopic (exact) mass is 402 g/mol. The molecule has 0 heterocycles. The first-order valence-corrected chi connectivity index (χ1v) is 11.6. The average molecular weight is 403 g/mol. The van der Waals surface area contributed by atoms with Gasteiger partial charge < -0.3 is 9.84 Å². The third-order valence-corrected chi connectivity index (χ3v) is 8.60. The van der Waals surface area contributed by atoms with Crippen LogP contribution in [0.25, 0.3) is 0 Å². The molecule has 6 saturated carbocycles. The van der Waals surface area contributed by atoms with Crippen molar-refractivity contribution in [1.29, 1.82) is 0 Å². The number of allylic oxidation sites excluding steroid dienone is 2. The number of ether oxygens (including phenoxy) is 1. The third-order valence-electron chi connectivity index (χ3n) is 8.60. The van der Waals surface area contributed by atoms with Crippen molar-refractivity contribution in [2.75, 3.05) is 13.2 Å². The Kier molecular flexibility index (Phi) is 5.88. The standard InChI is InChI=1S/C14H22O2.C12H20O/c1-5-16-12(15)11(4)6-13-7-14(8-13,9-13)10(2)3;1-9(2)12-6-11(7-12,8-12)4-10(3)5-13/h6,10H,5,7-9H2,1-4H3;4,9,13H,5-8H2,1-3H3/b11-6+;10-4+. The molecule has 6 aliphatic rings. The van der Waals surface area contributed by atoms with Crippen LogP contribution in [-0.4, -0.2) is 24.3 Å². The Labute approximate surface area is 178 Å². The molecule has 6 fully saturated rings. The van der Waals surface area contributed by atoms with E-state index in [4.69, 9.17) is 9.84 Å². The van der Waals surface area contributed by atoms with Crippen molar-refractivity contribution in [2.24, 2.45) is 33.5 Å². The number of aliphatic hydroxyl groups excluding tert-OH is 1. The number of carbonyl (C=O) groups is 1. The van der Waals surface area contributed by atoms with E-state index < -0.39 is 0 Å². The van der Waals surface area contributed by atoms with E-state index in [0.29, 0.717) is 28.3 Å². The minimum atomic E-state index is -0.147. The van der Waals surface area contributed by atoms with Crippen LogP contribution in [0.4, 0.5) is 0 Å². The molecule has 0 aliphatic heterocycles. The highest BCUT2D eigenvalue weighted by atomic mass is 16.5. The topological polar surface area (TPSA) is 46.5 Å². The Morgan fingerprint density at radius 3 is 1.66 bits per heavy atom. The SMILES string of the molecule is C/C(=C\C12CC(C(C)C)(C1)C2)CO.CCOC(=O)/C(C)=C/C12CC(C(C)C)(C1)C2. The van der Waals surface area contributed by atoms with Crippen molar-refractivity contribution < 1.29 is 14.6 Å². The Bertz CT molecular complexity index is 670. The highest BCUT2D eigenvalue weighted by Gasteiger charge is 2.68. The van der Waals surface area contributed by atoms with E-state index in [0.717, 1.165) is 23.0 Å². The number of rotatable bonds is 7. The molecule has 3 nitrogen and oxygen atoms in total. The van der Waals surface area contributed by atoms with Crippen molar-refractivity contribution in [3.05, 3.63) is 23.3 Å². The second kappa shape index (κ2) is 7.55. The van der Waals surface area contributed by atoms with Gasteiger partial charge in [-0.25, -0.2) is 4.79 Å². The molecule has 0 atom stereocenters. The third kappa shape index (κ3) is 3.84. The first-order valence-electron chi connectivity index (χ1n) is 11.6. The molecule has 0 amide bonds. The number of carbonyl (C=O) groups excluding carboxylic acids is 1. The van der Waals surface area contributed by atoms with Gasteiger partial charge in [-0.05, 0) is 92.8 Å². The van der Waals surface area contributed by atoms with Crippen LogP contribution in [0.3, 0.4) is 0 Å². The van der Waals surface area contributed by atoms with Crippen molar-refractivity contribution >= 4 is 5.97 Å². The smallest absolute Gasteiger partial charge is 0.333 e. The molecule has 3 heteroatoms. The summed E-state index contributed by atoms with van der Waals surface area (Å²) in [7, 11) is 0. The summed E-state index contributed by atoms with van der Waals surface area (Å²) in [6, 6.07) is 0. The van der Waals surface area contributed by atoms with Crippen molar-refractivity contribution in [3.63, 3.8) is 0 Å². The molecule has 0 radical (unpaired) electrons. The van der Waals surface area contributed by atoms with Gasteiger partial charge in [0.1, 0.15) is 0 Å². The number of esters is 1. The van der Waals surface area contributed by atoms with Crippen LogP contribution in [0.5, 0.6) is 0 Å². The van der Waals surface area contributed by atoms with E-state index in [-0.39, 0.29) is 12.6 Å². The summed E-state index contributed by atoms with van der Waals surface area (Å²) < 4.78 is 5.00. The van der Waals surface area contributed by atoms with E-state index in [1.807, 2.05) is 20.8 Å². The minimum Gasteiger partial charge on any atom is -0.463 e. The van der Waals surface area contributed by atoms with Crippen molar-refractivity contribution in [1.82, 2.24) is 0 Å². The number of aliphatic hydroxyl groups is 1. The second-order valence-electron chi connectivity index (χ2n) is 11.5. The molecule has 1 N–H and O–H groups in total. The summed E-state index contributed by atoms with van der Waals surface area (Å²) in [5, 5.41) is 8.94. The molecule has 0 aromatic rings. The molecule has 4 bridgehead atoms.